The lowest BCUT2D eigenvalue weighted by Crippen LogP contribution is -2.01. The summed E-state index contributed by atoms with van der Waals surface area (Å²) in [6, 6.07) is 17.9. The molecule has 0 fully saturated rings. The number of aromatic nitrogens is 3. The lowest BCUT2D eigenvalue weighted by atomic mass is 10.1. The van der Waals surface area contributed by atoms with Crippen LogP contribution in [0.5, 0.6) is 0 Å². The topological polar surface area (TPSA) is 54.5 Å². The van der Waals surface area contributed by atoms with Gasteiger partial charge in [-0.15, -0.1) is 10.2 Å². The second-order valence-corrected chi connectivity index (χ2v) is 7.12. The van der Waals surface area contributed by atoms with E-state index in [0.29, 0.717) is 10.2 Å². The SMILES string of the molecule is Cc1ccc(-c2nnc(SC(C)C#N)n2-c2ccc(Cl)cc2)cc1. The van der Waals surface area contributed by atoms with Crippen molar-refractivity contribution < 1.29 is 0 Å². The maximum atomic E-state index is 9.10. The molecule has 0 radical (unpaired) electrons. The van der Waals surface area contributed by atoms with E-state index in [-0.39, 0.29) is 5.25 Å². The predicted octanol–water partition coefficient (Wildman–Crippen LogP) is 4.90. The van der Waals surface area contributed by atoms with E-state index in [0.717, 1.165) is 17.1 Å². The van der Waals surface area contributed by atoms with Gasteiger partial charge in [0.2, 0.25) is 0 Å². The van der Waals surface area contributed by atoms with E-state index >= 15 is 0 Å². The zero-order valence-corrected chi connectivity index (χ0v) is 14.8. The lowest BCUT2D eigenvalue weighted by molar-refractivity contribution is 0.883. The van der Waals surface area contributed by atoms with Gasteiger partial charge in [0.1, 0.15) is 0 Å². The summed E-state index contributed by atoms with van der Waals surface area (Å²) in [5.74, 6) is 0.741. The van der Waals surface area contributed by atoms with Crippen LogP contribution < -0.4 is 0 Å². The van der Waals surface area contributed by atoms with Gasteiger partial charge in [0.15, 0.2) is 11.0 Å². The molecule has 3 rings (SSSR count). The number of hydrogen-bond donors (Lipinski definition) is 0. The van der Waals surface area contributed by atoms with Gasteiger partial charge in [0.25, 0.3) is 0 Å². The van der Waals surface area contributed by atoms with Gasteiger partial charge in [0, 0.05) is 16.3 Å². The Labute approximate surface area is 150 Å². The summed E-state index contributed by atoms with van der Waals surface area (Å²) in [7, 11) is 0. The highest BCUT2D eigenvalue weighted by Gasteiger charge is 2.18. The Kier molecular flexibility index (Phi) is 4.89. The highest BCUT2D eigenvalue weighted by atomic mass is 35.5. The first-order valence-corrected chi connectivity index (χ1v) is 8.69. The third-order valence-electron chi connectivity index (χ3n) is 3.49. The largest absolute Gasteiger partial charge is 0.270 e. The molecular weight excluding hydrogens is 340 g/mol. The summed E-state index contributed by atoms with van der Waals surface area (Å²) in [4.78, 5) is 0. The Morgan fingerprint density at radius 1 is 1.08 bits per heavy atom. The van der Waals surface area contributed by atoms with E-state index < -0.39 is 0 Å². The second kappa shape index (κ2) is 7.08. The molecule has 0 bridgehead atoms. The number of aryl methyl sites for hydroxylation is 1. The molecule has 2 aromatic carbocycles. The number of thioether (sulfide) groups is 1. The smallest absolute Gasteiger partial charge is 0.197 e. The van der Waals surface area contributed by atoms with E-state index in [1.165, 1.54) is 17.3 Å². The predicted molar refractivity (Wildman–Crippen MR) is 97.5 cm³/mol. The first-order valence-electron chi connectivity index (χ1n) is 7.43. The zero-order chi connectivity index (χ0) is 17.1. The highest BCUT2D eigenvalue weighted by Crippen LogP contribution is 2.30. The van der Waals surface area contributed by atoms with E-state index in [1.54, 1.807) is 0 Å². The van der Waals surface area contributed by atoms with Gasteiger partial charge < -0.3 is 0 Å². The molecule has 3 aromatic rings. The number of rotatable bonds is 4. The summed E-state index contributed by atoms with van der Waals surface area (Å²) in [5.41, 5.74) is 3.07. The minimum absolute atomic E-state index is 0.217. The van der Waals surface area contributed by atoms with Crippen LogP contribution in [0, 0.1) is 18.3 Å². The summed E-state index contributed by atoms with van der Waals surface area (Å²) in [6.07, 6.45) is 0. The second-order valence-electron chi connectivity index (χ2n) is 5.37. The van der Waals surface area contributed by atoms with Gasteiger partial charge in [-0.25, -0.2) is 0 Å². The molecule has 4 nitrogen and oxygen atoms in total. The number of halogens is 1. The van der Waals surface area contributed by atoms with E-state index in [4.69, 9.17) is 16.9 Å². The molecule has 1 unspecified atom stereocenters. The molecule has 0 aliphatic carbocycles. The molecule has 6 heteroatoms. The maximum absolute atomic E-state index is 9.10. The van der Waals surface area contributed by atoms with Gasteiger partial charge in [-0.1, -0.05) is 53.2 Å². The first kappa shape index (κ1) is 16.6. The van der Waals surface area contributed by atoms with E-state index in [2.05, 4.69) is 16.3 Å². The third kappa shape index (κ3) is 3.45. The highest BCUT2D eigenvalue weighted by molar-refractivity contribution is 8.00. The summed E-state index contributed by atoms with van der Waals surface area (Å²) >= 11 is 7.39. The monoisotopic (exact) mass is 354 g/mol. The summed E-state index contributed by atoms with van der Waals surface area (Å²) < 4.78 is 1.96. The van der Waals surface area contributed by atoms with Gasteiger partial charge in [0.05, 0.1) is 11.3 Å². The fraction of sp³-hybridized carbons (Fsp3) is 0.167. The zero-order valence-electron chi connectivity index (χ0n) is 13.3. The fourth-order valence-corrected chi connectivity index (χ4v) is 3.12. The van der Waals surface area contributed by atoms with Crippen LogP contribution in [-0.4, -0.2) is 20.0 Å². The van der Waals surface area contributed by atoms with Crippen LogP contribution in [0.4, 0.5) is 0 Å². The normalized spacial score (nSPS) is 11.9. The van der Waals surface area contributed by atoms with Crippen LogP contribution in [0.3, 0.4) is 0 Å². The van der Waals surface area contributed by atoms with Gasteiger partial charge >= 0.3 is 0 Å². The molecule has 0 N–H and O–H groups in total. The van der Waals surface area contributed by atoms with Crippen molar-refractivity contribution in [2.45, 2.75) is 24.3 Å². The Hall–Kier alpha value is -2.29. The molecule has 0 saturated carbocycles. The van der Waals surface area contributed by atoms with Crippen LogP contribution in [0.25, 0.3) is 17.1 Å². The minimum atomic E-state index is -0.217. The Balaban J connectivity index is 2.14. The molecule has 24 heavy (non-hydrogen) atoms. The Morgan fingerprint density at radius 2 is 1.75 bits per heavy atom. The van der Waals surface area contributed by atoms with Crippen molar-refractivity contribution in [2.75, 3.05) is 0 Å². The number of nitrogens with zero attached hydrogens (tertiary/aromatic N) is 4. The van der Waals surface area contributed by atoms with Crippen molar-refractivity contribution >= 4 is 23.4 Å². The average molecular weight is 355 g/mol. The molecule has 0 aliphatic heterocycles. The lowest BCUT2D eigenvalue weighted by Gasteiger charge is -2.11. The number of hydrogen-bond acceptors (Lipinski definition) is 4. The van der Waals surface area contributed by atoms with Crippen LogP contribution in [-0.2, 0) is 0 Å². The van der Waals surface area contributed by atoms with Crippen molar-refractivity contribution in [3.63, 3.8) is 0 Å². The molecule has 120 valence electrons. The molecule has 1 atom stereocenters. The minimum Gasteiger partial charge on any atom is -0.270 e. The van der Waals surface area contributed by atoms with Crippen molar-refractivity contribution in [1.82, 2.24) is 14.8 Å². The Morgan fingerprint density at radius 3 is 2.38 bits per heavy atom. The van der Waals surface area contributed by atoms with Crippen molar-refractivity contribution in [2.24, 2.45) is 0 Å². The standard InChI is InChI=1S/C18H15ClN4S/c1-12-3-5-14(6-4-12)17-21-22-18(24-13(2)11-20)23(17)16-9-7-15(19)8-10-16/h3-10,13H,1-2H3. The molecular formula is C18H15ClN4S. The number of benzene rings is 2. The van der Waals surface area contributed by atoms with Gasteiger partial charge in [-0.2, -0.15) is 5.26 Å². The van der Waals surface area contributed by atoms with Crippen molar-refractivity contribution in [3.05, 3.63) is 59.1 Å². The van der Waals surface area contributed by atoms with Crippen LogP contribution in [0.15, 0.2) is 53.7 Å². The molecule has 0 spiro atoms. The molecule has 0 aliphatic rings. The molecule has 1 aromatic heterocycles. The van der Waals surface area contributed by atoms with Crippen LogP contribution >= 0.6 is 23.4 Å². The van der Waals surface area contributed by atoms with Crippen LogP contribution in [0.1, 0.15) is 12.5 Å². The van der Waals surface area contributed by atoms with Crippen LogP contribution in [0.2, 0.25) is 5.02 Å². The van der Waals surface area contributed by atoms with Crippen molar-refractivity contribution in [1.29, 1.82) is 5.26 Å². The van der Waals surface area contributed by atoms with Crippen molar-refractivity contribution in [3.8, 4) is 23.1 Å². The molecule has 1 heterocycles. The average Bonchev–Trinajstić information content (AvgIpc) is 2.99. The molecule has 0 amide bonds. The maximum Gasteiger partial charge on any atom is 0.197 e. The molecule has 0 saturated heterocycles. The third-order valence-corrected chi connectivity index (χ3v) is 4.68. The first-order chi connectivity index (χ1) is 11.6. The summed E-state index contributed by atoms with van der Waals surface area (Å²) in [6.45, 7) is 3.89. The van der Waals surface area contributed by atoms with E-state index in [1.807, 2.05) is 66.9 Å². The van der Waals surface area contributed by atoms with E-state index in [9.17, 15) is 0 Å². The summed E-state index contributed by atoms with van der Waals surface area (Å²) in [5, 5.41) is 18.9. The Bertz CT molecular complexity index is 879. The fourth-order valence-electron chi connectivity index (χ4n) is 2.24. The quantitative estimate of drug-likeness (QED) is 0.625. The van der Waals surface area contributed by atoms with Gasteiger partial charge in [-0.05, 0) is 38.1 Å². The van der Waals surface area contributed by atoms with Gasteiger partial charge in [-0.3, -0.25) is 4.57 Å². The number of nitriles is 1.